The number of para-hydroxylation sites is 1. The van der Waals surface area contributed by atoms with E-state index in [4.69, 9.17) is 4.74 Å². The Bertz CT molecular complexity index is 1100. The molecule has 5 rings (SSSR count). The van der Waals surface area contributed by atoms with E-state index in [0.29, 0.717) is 38.3 Å². The molecule has 3 aliphatic heterocycles. The Morgan fingerprint density at radius 2 is 1.60 bits per heavy atom. The first kappa shape index (κ1) is 23.5. The monoisotopic (exact) mass is 487 g/mol. The quantitative estimate of drug-likeness (QED) is 0.653. The predicted molar refractivity (Wildman–Crippen MR) is 124 cm³/mol. The van der Waals surface area contributed by atoms with E-state index < -0.39 is 17.8 Å². The molecule has 2 aromatic carbocycles. The molecule has 0 radical (unpaired) electrons. The zero-order chi connectivity index (χ0) is 24.6. The summed E-state index contributed by atoms with van der Waals surface area (Å²) in [5.74, 6) is 0.820. The minimum absolute atomic E-state index is 0.0317. The van der Waals surface area contributed by atoms with Crippen LogP contribution in [0.25, 0.3) is 0 Å². The van der Waals surface area contributed by atoms with Crippen molar-refractivity contribution in [2.75, 3.05) is 31.5 Å². The molecule has 0 bridgehead atoms. The maximum absolute atomic E-state index is 13.1. The van der Waals surface area contributed by atoms with Gasteiger partial charge in [0.2, 0.25) is 0 Å². The van der Waals surface area contributed by atoms with E-state index in [9.17, 15) is 22.8 Å². The fourth-order valence-corrected chi connectivity index (χ4v) is 5.36. The number of nitrogens with one attached hydrogen (secondary N) is 1. The molecule has 2 fully saturated rings. The van der Waals surface area contributed by atoms with Crippen LogP contribution < -0.4 is 10.1 Å². The van der Waals surface area contributed by atoms with Crippen LogP contribution >= 0.6 is 0 Å². The van der Waals surface area contributed by atoms with Crippen LogP contribution in [0.3, 0.4) is 0 Å². The Balaban J connectivity index is 1.13. The summed E-state index contributed by atoms with van der Waals surface area (Å²) in [7, 11) is 0. The van der Waals surface area contributed by atoms with Gasteiger partial charge in [0.05, 0.1) is 5.56 Å². The second-order valence-corrected chi connectivity index (χ2v) is 9.75. The highest BCUT2D eigenvalue weighted by Gasteiger charge is 2.44. The molecule has 0 aliphatic carbocycles. The molecule has 3 amide bonds. The molecule has 6 nitrogen and oxygen atoms in total. The minimum Gasteiger partial charge on any atom is -0.480 e. The molecular weight excluding hydrogens is 459 g/mol. The molecule has 35 heavy (non-hydrogen) atoms. The molecule has 2 aromatic rings. The maximum atomic E-state index is 13.1. The number of amides is 3. The normalized spacial score (nSPS) is 21.4. The molecule has 0 unspecified atom stereocenters. The van der Waals surface area contributed by atoms with Gasteiger partial charge in [0.15, 0.2) is 6.10 Å². The van der Waals surface area contributed by atoms with Crippen LogP contribution in [0, 0.1) is 5.41 Å². The molecule has 2 saturated heterocycles. The third-order valence-electron chi connectivity index (χ3n) is 7.52. The number of benzene rings is 2. The van der Waals surface area contributed by atoms with Crippen molar-refractivity contribution >= 4 is 17.6 Å². The van der Waals surface area contributed by atoms with Crippen LogP contribution in [0.1, 0.15) is 36.8 Å². The molecule has 1 atom stereocenters. The third kappa shape index (κ3) is 4.94. The number of anilines is 1. The first-order valence-corrected chi connectivity index (χ1v) is 12.0. The molecule has 0 aromatic heterocycles. The number of alkyl halides is 3. The number of nitrogens with zero attached hydrogens (tertiary/aromatic N) is 2. The van der Waals surface area contributed by atoms with E-state index in [1.807, 2.05) is 29.2 Å². The lowest BCUT2D eigenvalue weighted by Gasteiger charge is -2.40. The summed E-state index contributed by atoms with van der Waals surface area (Å²) in [5.41, 5.74) is 0.682. The number of hydrogen-bond donors (Lipinski definition) is 1. The fraction of sp³-hybridized carbons (Fsp3) is 0.462. The van der Waals surface area contributed by atoms with Crippen LogP contribution in [-0.4, -0.2) is 54.0 Å². The van der Waals surface area contributed by atoms with Gasteiger partial charge in [0.25, 0.3) is 5.91 Å². The van der Waals surface area contributed by atoms with Gasteiger partial charge in [-0.3, -0.25) is 4.79 Å². The van der Waals surface area contributed by atoms with Gasteiger partial charge in [-0.25, -0.2) is 4.79 Å². The van der Waals surface area contributed by atoms with Crippen molar-refractivity contribution in [1.29, 1.82) is 0 Å². The van der Waals surface area contributed by atoms with Crippen LogP contribution in [0.5, 0.6) is 5.75 Å². The average Bonchev–Trinajstić information content (AvgIpc) is 3.27. The zero-order valence-electron chi connectivity index (χ0n) is 19.3. The average molecular weight is 488 g/mol. The number of rotatable bonds is 2. The molecule has 1 N–H and O–H groups in total. The van der Waals surface area contributed by atoms with Gasteiger partial charge in [-0.15, -0.1) is 0 Å². The number of likely N-dealkylation sites (tertiary alicyclic amines) is 2. The van der Waals surface area contributed by atoms with Gasteiger partial charge in [0.1, 0.15) is 5.75 Å². The molecule has 186 valence electrons. The number of ether oxygens (including phenoxy) is 1. The van der Waals surface area contributed by atoms with Gasteiger partial charge in [-0.1, -0.05) is 18.2 Å². The van der Waals surface area contributed by atoms with Gasteiger partial charge < -0.3 is 19.9 Å². The van der Waals surface area contributed by atoms with E-state index >= 15 is 0 Å². The zero-order valence-corrected chi connectivity index (χ0v) is 19.3. The number of aryl methyl sites for hydroxylation is 1. The molecule has 3 aliphatic rings. The van der Waals surface area contributed by atoms with Gasteiger partial charge in [-0.05, 0) is 73.4 Å². The number of halogens is 3. The van der Waals surface area contributed by atoms with Crippen LogP contribution in [0.15, 0.2) is 48.5 Å². The van der Waals surface area contributed by atoms with Crippen LogP contribution in [0.2, 0.25) is 0 Å². The van der Waals surface area contributed by atoms with Crippen LogP contribution in [0.4, 0.5) is 23.7 Å². The van der Waals surface area contributed by atoms with Gasteiger partial charge in [-0.2, -0.15) is 13.2 Å². The summed E-state index contributed by atoms with van der Waals surface area (Å²) in [6, 6.07) is 12.0. The summed E-state index contributed by atoms with van der Waals surface area (Å²) in [6.45, 7) is 2.43. The van der Waals surface area contributed by atoms with Crippen molar-refractivity contribution < 1.29 is 27.5 Å². The fourth-order valence-electron chi connectivity index (χ4n) is 5.36. The van der Waals surface area contributed by atoms with Crippen molar-refractivity contribution in [1.82, 2.24) is 9.80 Å². The van der Waals surface area contributed by atoms with E-state index in [0.717, 1.165) is 49.1 Å². The third-order valence-corrected chi connectivity index (χ3v) is 7.52. The SMILES string of the molecule is O=C(Nc1ccc(C(F)(F)F)cc1)N1CCC2(CCN(C(=O)[C@H]3CCc4ccccc4O3)CC2)C1. The second-order valence-electron chi connectivity index (χ2n) is 9.75. The summed E-state index contributed by atoms with van der Waals surface area (Å²) < 4.78 is 44.2. The maximum Gasteiger partial charge on any atom is 0.416 e. The molecule has 0 saturated carbocycles. The first-order valence-electron chi connectivity index (χ1n) is 12.0. The lowest BCUT2D eigenvalue weighted by atomic mass is 9.77. The van der Waals surface area contributed by atoms with Gasteiger partial charge in [0, 0.05) is 31.9 Å². The smallest absolute Gasteiger partial charge is 0.416 e. The minimum atomic E-state index is -4.41. The van der Waals surface area contributed by atoms with E-state index in [1.54, 1.807) is 4.90 Å². The van der Waals surface area contributed by atoms with Crippen LogP contribution in [-0.2, 0) is 17.4 Å². The number of piperidine rings is 1. The first-order chi connectivity index (χ1) is 16.7. The standard InChI is InChI=1S/C26H28F3N3O3/c27-26(28,29)19-6-8-20(9-7-19)30-24(34)32-16-13-25(17-32)11-14-31(15-12-25)23(33)22-10-5-18-3-1-2-4-21(18)35-22/h1-4,6-9,22H,5,10-17H2,(H,30,34)/t22-/m1/s1. The number of hydrogen-bond acceptors (Lipinski definition) is 3. The summed E-state index contributed by atoms with van der Waals surface area (Å²) in [4.78, 5) is 29.4. The van der Waals surface area contributed by atoms with Crippen molar-refractivity contribution in [3.63, 3.8) is 0 Å². The Morgan fingerprint density at radius 3 is 2.29 bits per heavy atom. The molecule has 3 heterocycles. The Hall–Kier alpha value is -3.23. The largest absolute Gasteiger partial charge is 0.480 e. The Morgan fingerprint density at radius 1 is 0.943 bits per heavy atom. The summed E-state index contributed by atoms with van der Waals surface area (Å²) in [5, 5.41) is 2.70. The number of carbonyl (C=O) groups is 2. The molecular formula is C26H28F3N3O3. The van der Waals surface area contributed by atoms with Gasteiger partial charge >= 0.3 is 12.2 Å². The second kappa shape index (κ2) is 9.09. The number of urea groups is 1. The van der Waals surface area contributed by atoms with Crippen molar-refractivity contribution in [3.8, 4) is 5.75 Å². The summed E-state index contributed by atoms with van der Waals surface area (Å²) >= 11 is 0. The highest BCUT2D eigenvalue weighted by Crippen LogP contribution is 2.41. The van der Waals surface area contributed by atoms with Crippen molar-refractivity contribution in [2.45, 2.75) is 44.4 Å². The van der Waals surface area contributed by atoms with Crippen molar-refractivity contribution in [3.05, 3.63) is 59.7 Å². The lowest BCUT2D eigenvalue weighted by Crippen LogP contribution is -2.49. The number of fused-ring (bicyclic) bond motifs is 1. The lowest BCUT2D eigenvalue weighted by molar-refractivity contribution is -0.141. The predicted octanol–water partition coefficient (Wildman–Crippen LogP) is 4.95. The summed E-state index contributed by atoms with van der Waals surface area (Å²) in [6.07, 6.45) is -0.884. The van der Waals surface area contributed by atoms with Crippen molar-refractivity contribution in [2.24, 2.45) is 5.41 Å². The Kier molecular flexibility index (Phi) is 6.11. The van der Waals surface area contributed by atoms with E-state index in [1.165, 1.54) is 12.1 Å². The molecule has 9 heteroatoms. The van der Waals surface area contributed by atoms with E-state index in [2.05, 4.69) is 5.32 Å². The number of carbonyl (C=O) groups excluding carboxylic acids is 2. The Labute approximate surface area is 202 Å². The topological polar surface area (TPSA) is 61.9 Å². The van der Waals surface area contributed by atoms with E-state index in [-0.39, 0.29) is 17.4 Å². The molecule has 1 spiro atoms. The highest BCUT2D eigenvalue weighted by atomic mass is 19.4. The highest BCUT2D eigenvalue weighted by molar-refractivity contribution is 5.89.